The number of esters is 1. The summed E-state index contributed by atoms with van der Waals surface area (Å²) in [6.45, 7) is 4.34. The molecule has 0 unspecified atom stereocenters. The van der Waals surface area contributed by atoms with Crippen LogP contribution in [0.15, 0.2) is 11.6 Å². The third-order valence-corrected chi connectivity index (χ3v) is 8.40. The highest BCUT2D eigenvalue weighted by Crippen LogP contribution is 2.22. The summed E-state index contributed by atoms with van der Waals surface area (Å²) < 4.78 is 15.9. The first-order valence-corrected chi connectivity index (χ1v) is 17.6. The Labute approximate surface area is 262 Å². The molecule has 0 spiro atoms. The Morgan fingerprint density at radius 3 is 1.42 bits per heavy atom. The van der Waals surface area contributed by atoms with Gasteiger partial charge in [0.1, 0.15) is 18.3 Å². The van der Waals surface area contributed by atoms with Crippen LogP contribution in [0.25, 0.3) is 0 Å². The molecule has 0 bridgehead atoms. The van der Waals surface area contributed by atoms with Gasteiger partial charge in [0, 0.05) is 6.08 Å². The third kappa shape index (κ3) is 23.0. The number of unbranched alkanes of at least 4 members (excludes halogenated alkanes) is 16. The zero-order chi connectivity index (χ0) is 31.5. The molecule has 8 nitrogen and oxygen atoms in total. The SMILES string of the molecule is CCCCCCCCCC[C@H](O)COC[C@H](O)[C@@H](O)COC[C@@H](O)CCCCCCCCCCCCC1=CC(=O)O[C@H]1C. The van der Waals surface area contributed by atoms with E-state index in [9.17, 15) is 25.2 Å². The highest BCUT2D eigenvalue weighted by molar-refractivity contribution is 5.85. The van der Waals surface area contributed by atoms with E-state index in [0.29, 0.717) is 12.8 Å². The van der Waals surface area contributed by atoms with Crippen LogP contribution in [-0.2, 0) is 19.0 Å². The molecule has 1 aliphatic heterocycles. The van der Waals surface area contributed by atoms with Gasteiger partial charge in [-0.15, -0.1) is 0 Å². The highest BCUT2D eigenvalue weighted by atomic mass is 16.5. The molecule has 8 heteroatoms. The van der Waals surface area contributed by atoms with Gasteiger partial charge in [-0.2, -0.15) is 0 Å². The van der Waals surface area contributed by atoms with Crippen molar-refractivity contribution in [2.45, 2.75) is 179 Å². The Kier molecular flexibility index (Phi) is 25.4. The van der Waals surface area contributed by atoms with Crippen molar-refractivity contribution >= 4 is 5.97 Å². The summed E-state index contributed by atoms with van der Waals surface area (Å²) in [6, 6.07) is 0. The summed E-state index contributed by atoms with van der Waals surface area (Å²) in [5, 5.41) is 40.4. The Hall–Kier alpha value is -1.03. The quantitative estimate of drug-likeness (QED) is 0.0512. The predicted molar refractivity (Wildman–Crippen MR) is 172 cm³/mol. The van der Waals surface area contributed by atoms with Crippen LogP contribution in [-0.4, -0.2) is 83.3 Å². The maximum absolute atomic E-state index is 11.2. The zero-order valence-corrected chi connectivity index (χ0v) is 27.6. The second kappa shape index (κ2) is 27.3. The molecule has 0 amide bonds. The molecule has 254 valence electrons. The molecule has 1 heterocycles. The first-order chi connectivity index (χ1) is 20.8. The molecule has 0 aromatic rings. The number of aliphatic hydroxyl groups excluding tert-OH is 4. The maximum atomic E-state index is 11.2. The molecule has 43 heavy (non-hydrogen) atoms. The Balaban J connectivity index is 1.86. The number of aliphatic hydroxyl groups is 4. The largest absolute Gasteiger partial charge is 0.455 e. The van der Waals surface area contributed by atoms with Gasteiger partial charge in [-0.1, -0.05) is 116 Å². The number of hydrogen-bond acceptors (Lipinski definition) is 8. The summed E-state index contributed by atoms with van der Waals surface area (Å²) in [5.41, 5.74) is 1.13. The van der Waals surface area contributed by atoms with E-state index in [1.165, 1.54) is 83.5 Å². The van der Waals surface area contributed by atoms with Crippen molar-refractivity contribution in [3.63, 3.8) is 0 Å². The standard InChI is InChI=1S/C35H66O8/c1-3-4-5-6-7-13-16-19-22-31(36)25-41-27-33(38)34(39)28-42-26-32(37)23-20-17-14-11-9-8-10-12-15-18-21-30-24-35(40)43-29(30)2/h24,29,31-34,36-39H,3-23,25-28H2,1-2H3/t29-,31-,32-,33-,34-/m0/s1. The number of cyclic esters (lactones) is 1. The van der Waals surface area contributed by atoms with Crippen LogP contribution in [0, 0.1) is 0 Å². The summed E-state index contributed by atoms with van der Waals surface area (Å²) >= 11 is 0. The van der Waals surface area contributed by atoms with Crippen molar-refractivity contribution in [2.75, 3.05) is 26.4 Å². The van der Waals surface area contributed by atoms with Crippen LogP contribution in [0.1, 0.15) is 149 Å². The van der Waals surface area contributed by atoms with Crippen LogP contribution in [0.4, 0.5) is 0 Å². The highest BCUT2D eigenvalue weighted by Gasteiger charge is 2.21. The minimum atomic E-state index is -1.09. The van der Waals surface area contributed by atoms with E-state index >= 15 is 0 Å². The van der Waals surface area contributed by atoms with E-state index in [4.69, 9.17) is 14.2 Å². The van der Waals surface area contributed by atoms with Gasteiger partial charge >= 0.3 is 5.97 Å². The topological polar surface area (TPSA) is 126 Å². The molecule has 0 aromatic heterocycles. The summed E-state index contributed by atoms with van der Waals surface area (Å²) in [5.74, 6) is -0.198. The number of rotatable bonds is 31. The minimum absolute atomic E-state index is 0.0421. The fourth-order valence-electron chi connectivity index (χ4n) is 5.50. The van der Waals surface area contributed by atoms with Gasteiger partial charge in [0.2, 0.25) is 0 Å². The lowest BCUT2D eigenvalue weighted by Gasteiger charge is -2.20. The van der Waals surface area contributed by atoms with Crippen LogP contribution >= 0.6 is 0 Å². The summed E-state index contributed by atoms with van der Waals surface area (Å²) in [4.78, 5) is 11.2. The first kappa shape index (κ1) is 40.0. The molecule has 0 saturated carbocycles. The third-order valence-electron chi connectivity index (χ3n) is 8.40. The molecular formula is C35H66O8. The molecule has 0 saturated heterocycles. The Bertz CT molecular complexity index is 685. The van der Waals surface area contributed by atoms with E-state index in [-0.39, 0.29) is 38.5 Å². The molecule has 5 atom stereocenters. The monoisotopic (exact) mass is 614 g/mol. The average molecular weight is 615 g/mol. The first-order valence-electron chi connectivity index (χ1n) is 17.6. The molecule has 0 aliphatic carbocycles. The summed E-state index contributed by atoms with van der Waals surface area (Å²) in [7, 11) is 0. The second-order valence-corrected chi connectivity index (χ2v) is 12.7. The van der Waals surface area contributed by atoms with Crippen molar-refractivity contribution < 1.29 is 39.4 Å². The maximum Gasteiger partial charge on any atom is 0.331 e. The second-order valence-electron chi connectivity index (χ2n) is 12.7. The van der Waals surface area contributed by atoms with Crippen molar-refractivity contribution in [3.8, 4) is 0 Å². The lowest BCUT2D eigenvalue weighted by atomic mass is 10.0. The fourth-order valence-corrected chi connectivity index (χ4v) is 5.50. The molecule has 0 aromatic carbocycles. The van der Waals surface area contributed by atoms with E-state index in [1.54, 1.807) is 6.08 Å². The molecule has 4 N–H and O–H groups in total. The van der Waals surface area contributed by atoms with Gasteiger partial charge in [0.25, 0.3) is 0 Å². The number of carbonyl (C=O) groups excluding carboxylic acids is 1. The number of hydrogen-bond donors (Lipinski definition) is 4. The molecule has 1 aliphatic rings. The van der Waals surface area contributed by atoms with Gasteiger partial charge in [0.05, 0.1) is 38.6 Å². The van der Waals surface area contributed by atoms with E-state index in [0.717, 1.165) is 44.1 Å². The normalized spacial score (nSPS) is 18.0. The van der Waals surface area contributed by atoms with Crippen LogP contribution in [0.3, 0.4) is 0 Å². The number of carbonyl (C=O) groups is 1. The van der Waals surface area contributed by atoms with Gasteiger partial charge in [0.15, 0.2) is 0 Å². The van der Waals surface area contributed by atoms with Crippen molar-refractivity contribution in [3.05, 3.63) is 11.6 Å². The predicted octanol–water partition coefficient (Wildman–Crippen LogP) is 6.55. The Morgan fingerprint density at radius 1 is 0.628 bits per heavy atom. The molecule has 1 rings (SSSR count). The van der Waals surface area contributed by atoms with Gasteiger partial charge in [-0.05, 0) is 38.2 Å². The fraction of sp³-hybridized carbons (Fsp3) is 0.914. The lowest BCUT2D eigenvalue weighted by Crippen LogP contribution is -2.36. The molecular weight excluding hydrogens is 548 g/mol. The van der Waals surface area contributed by atoms with Gasteiger partial charge in [-0.3, -0.25) is 0 Å². The van der Waals surface area contributed by atoms with Crippen LogP contribution < -0.4 is 0 Å². The van der Waals surface area contributed by atoms with E-state index in [1.807, 2.05) is 6.92 Å². The van der Waals surface area contributed by atoms with Crippen molar-refractivity contribution in [1.29, 1.82) is 0 Å². The van der Waals surface area contributed by atoms with Gasteiger partial charge in [-0.25, -0.2) is 4.79 Å². The van der Waals surface area contributed by atoms with E-state index in [2.05, 4.69) is 6.92 Å². The van der Waals surface area contributed by atoms with Crippen LogP contribution in [0.2, 0.25) is 0 Å². The molecule has 0 fully saturated rings. The minimum Gasteiger partial charge on any atom is -0.455 e. The number of ether oxygens (including phenoxy) is 3. The summed E-state index contributed by atoms with van der Waals surface area (Å²) in [6.07, 6.45) is 22.2. The van der Waals surface area contributed by atoms with E-state index < -0.39 is 24.4 Å². The van der Waals surface area contributed by atoms with Crippen LogP contribution in [0.5, 0.6) is 0 Å². The lowest BCUT2D eigenvalue weighted by molar-refractivity contribution is -0.138. The smallest absolute Gasteiger partial charge is 0.331 e. The van der Waals surface area contributed by atoms with Crippen molar-refractivity contribution in [1.82, 2.24) is 0 Å². The van der Waals surface area contributed by atoms with Crippen molar-refractivity contribution in [2.24, 2.45) is 0 Å². The average Bonchev–Trinajstić information content (AvgIpc) is 3.30. The molecule has 0 radical (unpaired) electrons. The van der Waals surface area contributed by atoms with Gasteiger partial charge < -0.3 is 34.6 Å². The zero-order valence-electron chi connectivity index (χ0n) is 27.6. The Morgan fingerprint density at radius 2 is 1.02 bits per heavy atom.